The Kier molecular flexibility index (Phi) is 6.23. The molecule has 1 saturated heterocycles. The van der Waals surface area contributed by atoms with Crippen molar-refractivity contribution in [1.29, 1.82) is 0 Å². The minimum Gasteiger partial charge on any atom is -0.492 e. The fourth-order valence-corrected chi connectivity index (χ4v) is 5.97. The molecule has 4 aromatic rings. The molecule has 1 saturated carbocycles. The molecule has 6 nitrogen and oxygen atoms in total. The number of hydrogen-bond acceptors (Lipinski definition) is 6. The van der Waals surface area contributed by atoms with Crippen LogP contribution in [0.4, 0.5) is 0 Å². The Morgan fingerprint density at radius 3 is 2.78 bits per heavy atom. The van der Waals surface area contributed by atoms with Crippen molar-refractivity contribution in [2.75, 3.05) is 20.2 Å². The SMILES string of the molecule is Cc1ccc(OC[C@@H]2CCN2C)cc1C(=O)NC1(c2cc(-c3ccc(CO)s3)cc3ncccc23)CC1. The molecular weight excluding hydrogens is 482 g/mol. The zero-order chi connectivity index (χ0) is 25.6. The van der Waals surface area contributed by atoms with E-state index in [1.54, 1.807) is 17.5 Å². The molecule has 190 valence electrons. The van der Waals surface area contributed by atoms with Crippen LogP contribution in [0.15, 0.2) is 60.8 Å². The number of benzene rings is 2. The number of ether oxygens (including phenoxy) is 1. The number of carbonyl (C=O) groups excluding carboxylic acids is 1. The van der Waals surface area contributed by atoms with Crippen molar-refractivity contribution >= 4 is 28.1 Å². The Morgan fingerprint density at radius 1 is 1.22 bits per heavy atom. The third kappa shape index (κ3) is 4.63. The van der Waals surface area contributed by atoms with Gasteiger partial charge < -0.3 is 15.2 Å². The van der Waals surface area contributed by atoms with Gasteiger partial charge in [0.2, 0.25) is 0 Å². The van der Waals surface area contributed by atoms with E-state index in [1.807, 2.05) is 43.3 Å². The minimum atomic E-state index is -0.427. The van der Waals surface area contributed by atoms with Crippen LogP contribution >= 0.6 is 11.3 Å². The third-order valence-corrected chi connectivity index (χ3v) is 8.89. The van der Waals surface area contributed by atoms with E-state index in [1.165, 1.54) is 0 Å². The lowest BCUT2D eigenvalue weighted by molar-refractivity contribution is 0.0767. The molecule has 1 aliphatic heterocycles. The van der Waals surface area contributed by atoms with Crippen LogP contribution in [0.1, 0.15) is 45.6 Å². The largest absolute Gasteiger partial charge is 0.492 e. The van der Waals surface area contributed by atoms with E-state index in [4.69, 9.17) is 4.74 Å². The van der Waals surface area contributed by atoms with Gasteiger partial charge in [-0.05, 0) is 98.9 Å². The second-order valence-electron chi connectivity index (χ2n) is 10.3. The summed E-state index contributed by atoms with van der Waals surface area (Å²) in [6, 6.07) is 18.5. The minimum absolute atomic E-state index is 0.0306. The zero-order valence-corrected chi connectivity index (χ0v) is 22.0. The highest BCUT2D eigenvalue weighted by atomic mass is 32.1. The number of nitrogens with one attached hydrogen (secondary N) is 1. The van der Waals surface area contributed by atoms with E-state index >= 15 is 0 Å². The number of pyridine rings is 1. The van der Waals surface area contributed by atoms with Crippen molar-refractivity contribution in [1.82, 2.24) is 15.2 Å². The van der Waals surface area contributed by atoms with Crippen molar-refractivity contribution in [2.45, 2.75) is 44.4 Å². The van der Waals surface area contributed by atoms with Crippen molar-refractivity contribution in [3.63, 3.8) is 0 Å². The number of amides is 1. The molecular formula is C30H31N3O3S. The highest BCUT2D eigenvalue weighted by molar-refractivity contribution is 7.15. The molecule has 2 aromatic carbocycles. The van der Waals surface area contributed by atoms with Gasteiger partial charge in [0.15, 0.2) is 0 Å². The monoisotopic (exact) mass is 513 g/mol. The fraction of sp³-hybridized carbons (Fsp3) is 0.333. The molecule has 0 spiro atoms. The van der Waals surface area contributed by atoms with Crippen LogP contribution in [0.2, 0.25) is 0 Å². The van der Waals surface area contributed by atoms with E-state index < -0.39 is 5.54 Å². The van der Waals surface area contributed by atoms with E-state index in [-0.39, 0.29) is 12.5 Å². The number of aromatic nitrogens is 1. The molecule has 6 rings (SSSR count). The number of thiophene rings is 1. The number of aliphatic hydroxyl groups is 1. The van der Waals surface area contributed by atoms with Gasteiger partial charge in [0, 0.05) is 32.9 Å². The van der Waals surface area contributed by atoms with Crippen LogP contribution in [-0.4, -0.2) is 47.1 Å². The number of carbonyl (C=O) groups is 1. The van der Waals surface area contributed by atoms with Crippen LogP contribution in [0, 0.1) is 6.92 Å². The summed E-state index contributed by atoms with van der Waals surface area (Å²) in [4.78, 5) is 22.5. The molecule has 1 amide bonds. The average molecular weight is 514 g/mol. The van der Waals surface area contributed by atoms with Gasteiger partial charge in [-0.15, -0.1) is 11.3 Å². The summed E-state index contributed by atoms with van der Waals surface area (Å²) < 4.78 is 6.04. The molecule has 0 bridgehead atoms. The van der Waals surface area contributed by atoms with Crippen molar-refractivity contribution in [3.05, 3.63) is 82.4 Å². The summed E-state index contributed by atoms with van der Waals surface area (Å²) in [5, 5.41) is 14.0. The molecule has 2 aliphatic rings. The molecule has 2 aromatic heterocycles. The molecule has 37 heavy (non-hydrogen) atoms. The predicted molar refractivity (Wildman–Crippen MR) is 147 cm³/mol. The first-order valence-corrected chi connectivity index (χ1v) is 13.6. The lowest BCUT2D eigenvalue weighted by atomic mass is 9.95. The molecule has 2 fully saturated rings. The number of fused-ring (bicyclic) bond motifs is 1. The second-order valence-corrected chi connectivity index (χ2v) is 11.4. The average Bonchev–Trinajstić information content (AvgIpc) is 3.52. The second kappa shape index (κ2) is 9.56. The van der Waals surface area contributed by atoms with Gasteiger partial charge >= 0.3 is 0 Å². The first kappa shape index (κ1) is 24.1. The number of likely N-dealkylation sites (N-methyl/N-ethyl adjacent to an activating group) is 1. The third-order valence-electron chi connectivity index (χ3n) is 7.78. The maximum atomic E-state index is 13.6. The fourth-order valence-electron chi connectivity index (χ4n) is 5.12. The lowest BCUT2D eigenvalue weighted by Crippen LogP contribution is -2.48. The van der Waals surface area contributed by atoms with Crippen molar-refractivity contribution in [3.8, 4) is 16.2 Å². The summed E-state index contributed by atoms with van der Waals surface area (Å²) in [5.41, 5.74) is 4.20. The summed E-state index contributed by atoms with van der Waals surface area (Å²) in [6.07, 6.45) is 4.70. The molecule has 0 unspecified atom stereocenters. The normalized spacial score (nSPS) is 18.4. The number of hydrogen-bond donors (Lipinski definition) is 2. The number of aliphatic hydroxyl groups excluding tert-OH is 1. The number of likely N-dealkylation sites (tertiary alicyclic amines) is 1. The highest BCUT2D eigenvalue weighted by Gasteiger charge is 2.47. The van der Waals surface area contributed by atoms with Crippen LogP contribution in [0.5, 0.6) is 5.75 Å². The number of aryl methyl sites for hydroxylation is 1. The quantitative estimate of drug-likeness (QED) is 0.336. The van der Waals surface area contributed by atoms with Crippen LogP contribution in [0.3, 0.4) is 0 Å². The Balaban J connectivity index is 1.30. The van der Waals surface area contributed by atoms with Gasteiger partial charge in [0.05, 0.1) is 17.7 Å². The van der Waals surface area contributed by atoms with Crippen molar-refractivity contribution < 1.29 is 14.6 Å². The summed E-state index contributed by atoms with van der Waals surface area (Å²) >= 11 is 1.58. The van der Waals surface area contributed by atoms with E-state index in [9.17, 15) is 9.90 Å². The van der Waals surface area contributed by atoms with Gasteiger partial charge in [0.25, 0.3) is 5.91 Å². The van der Waals surface area contributed by atoms with Gasteiger partial charge in [-0.1, -0.05) is 12.1 Å². The first-order valence-electron chi connectivity index (χ1n) is 12.8. The van der Waals surface area contributed by atoms with Gasteiger partial charge in [0.1, 0.15) is 12.4 Å². The molecule has 7 heteroatoms. The molecule has 0 radical (unpaired) electrons. The van der Waals surface area contributed by atoms with Crippen LogP contribution in [-0.2, 0) is 12.1 Å². The van der Waals surface area contributed by atoms with Gasteiger partial charge in [-0.3, -0.25) is 14.7 Å². The number of rotatable bonds is 8. The summed E-state index contributed by atoms with van der Waals surface area (Å²) in [6.45, 7) is 3.74. The van der Waals surface area contributed by atoms with E-state index in [0.717, 1.165) is 68.9 Å². The Bertz CT molecular complexity index is 1480. The number of nitrogens with zero attached hydrogens (tertiary/aromatic N) is 2. The molecule has 1 atom stereocenters. The van der Waals surface area contributed by atoms with Crippen LogP contribution < -0.4 is 10.1 Å². The Labute approximate surface area is 220 Å². The highest BCUT2D eigenvalue weighted by Crippen LogP contribution is 2.49. The topological polar surface area (TPSA) is 74.7 Å². The predicted octanol–water partition coefficient (Wildman–Crippen LogP) is 5.27. The first-order chi connectivity index (χ1) is 18.0. The molecule has 2 N–H and O–H groups in total. The Morgan fingerprint density at radius 2 is 2.08 bits per heavy atom. The maximum absolute atomic E-state index is 13.6. The van der Waals surface area contributed by atoms with E-state index in [2.05, 4.69) is 40.4 Å². The lowest BCUT2D eigenvalue weighted by Gasteiger charge is -2.37. The zero-order valence-electron chi connectivity index (χ0n) is 21.2. The Hall–Kier alpha value is -3.26. The molecule has 3 heterocycles. The van der Waals surface area contributed by atoms with Gasteiger partial charge in [-0.2, -0.15) is 0 Å². The maximum Gasteiger partial charge on any atom is 0.252 e. The smallest absolute Gasteiger partial charge is 0.252 e. The molecule has 1 aliphatic carbocycles. The summed E-state index contributed by atoms with van der Waals surface area (Å²) in [7, 11) is 2.11. The van der Waals surface area contributed by atoms with Crippen LogP contribution in [0.25, 0.3) is 21.3 Å². The summed E-state index contributed by atoms with van der Waals surface area (Å²) in [5.74, 6) is 0.650. The van der Waals surface area contributed by atoms with Crippen molar-refractivity contribution in [2.24, 2.45) is 0 Å². The van der Waals surface area contributed by atoms with Gasteiger partial charge in [-0.25, -0.2) is 0 Å². The standard InChI is InChI=1S/C30H31N3O3S/c1-19-5-6-22(36-18-21-9-13-33(21)2)16-25(19)29(35)32-30(10-11-30)26-14-20(28-8-7-23(17-34)37-28)15-27-24(26)4-3-12-31-27/h3-8,12,14-16,21,34H,9-11,13,17-18H2,1-2H3,(H,32,35)/t21-/m0/s1. The van der Waals surface area contributed by atoms with E-state index in [0.29, 0.717) is 18.2 Å².